The molecule has 0 aliphatic rings. The van der Waals surface area contributed by atoms with Crippen molar-refractivity contribution in [1.82, 2.24) is 0 Å². The highest BCUT2D eigenvalue weighted by molar-refractivity contribution is 5.67. The fraction of sp³-hybridized carbons (Fsp3) is 0. The van der Waals surface area contributed by atoms with Gasteiger partial charge in [0.2, 0.25) is 0 Å². The molecule has 0 amide bonds. The molecule has 2 aromatic rings. The summed E-state index contributed by atoms with van der Waals surface area (Å²) in [6, 6.07) is 4.47. The molecule has 0 atom stereocenters. The zero-order chi connectivity index (χ0) is 14.7. The van der Waals surface area contributed by atoms with Crippen LogP contribution >= 0.6 is 0 Å². The lowest BCUT2D eigenvalue weighted by Crippen LogP contribution is -2.15. The second kappa shape index (κ2) is 5.60. The first-order chi connectivity index (χ1) is 9.45. The molecule has 0 spiro atoms. The van der Waals surface area contributed by atoms with Gasteiger partial charge in [-0.25, -0.2) is 22.4 Å². The van der Waals surface area contributed by atoms with Gasteiger partial charge in [-0.15, -0.1) is 0 Å². The van der Waals surface area contributed by atoms with Gasteiger partial charge in [0.15, 0.2) is 23.1 Å². The van der Waals surface area contributed by atoms with E-state index in [-0.39, 0.29) is 0 Å². The van der Waals surface area contributed by atoms with E-state index in [1.807, 2.05) is 0 Å². The molecule has 0 radical (unpaired) electrons. The molecule has 0 heterocycles. The lowest BCUT2D eigenvalue weighted by Gasteiger charge is -2.07. The monoisotopic (exact) mass is 286 g/mol. The minimum absolute atomic E-state index is 0.501. The molecule has 0 aliphatic heterocycles. The summed E-state index contributed by atoms with van der Waals surface area (Å²) in [4.78, 5) is 11.3. The van der Waals surface area contributed by atoms with Crippen LogP contribution in [0.15, 0.2) is 36.4 Å². The SMILES string of the molecule is O=C(Oc1ccc(F)cc1F)Oc1ccc(F)cc1F. The third-order valence-corrected chi connectivity index (χ3v) is 2.17. The van der Waals surface area contributed by atoms with Crippen LogP contribution in [0.5, 0.6) is 11.5 Å². The van der Waals surface area contributed by atoms with Crippen molar-refractivity contribution >= 4 is 6.16 Å². The summed E-state index contributed by atoms with van der Waals surface area (Å²) in [6.45, 7) is 0. The minimum atomic E-state index is -1.44. The number of hydrogen-bond acceptors (Lipinski definition) is 3. The first-order valence-corrected chi connectivity index (χ1v) is 5.25. The van der Waals surface area contributed by atoms with Gasteiger partial charge in [-0.3, -0.25) is 0 Å². The molecular weight excluding hydrogens is 280 g/mol. The largest absolute Gasteiger partial charge is 0.519 e. The Hall–Kier alpha value is -2.57. The highest BCUT2D eigenvalue weighted by Crippen LogP contribution is 2.21. The van der Waals surface area contributed by atoms with E-state index in [2.05, 4.69) is 9.47 Å². The van der Waals surface area contributed by atoms with E-state index in [4.69, 9.17) is 0 Å². The molecule has 0 aromatic heterocycles. The van der Waals surface area contributed by atoms with Crippen molar-refractivity contribution in [3.8, 4) is 11.5 Å². The van der Waals surface area contributed by atoms with Gasteiger partial charge in [-0.05, 0) is 24.3 Å². The van der Waals surface area contributed by atoms with E-state index in [0.29, 0.717) is 12.1 Å². The van der Waals surface area contributed by atoms with Crippen molar-refractivity contribution in [2.45, 2.75) is 0 Å². The molecule has 0 saturated heterocycles. The van der Waals surface area contributed by atoms with E-state index in [0.717, 1.165) is 24.3 Å². The Bertz CT molecular complexity index is 603. The maximum atomic E-state index is 13.2. The smallest absolute Gasteiger partial charge is 0.392 e. The molecule has 0 fully saturated rings. The van der Waals surface area contributed by atoms with Gasteiger partial charge in [-0.2, -0.15) is 0 Å². The molecule has 0 unspecified atom stereocenters. The number of hydrogen-bond donors (Lipinski definition) is 0. The number of rotatable bonds is 2. The summed E-state index contributed by atoms with van der Waals surface area (Å²) in [7, 11) is 0. The first kappa shape index (κ1) is 13.9. The van der Waals surface area contributed by atoms with Crippen molar-refractivity contribution < 1.29 is 31.8 Å². The number of benzene rings is 2. The number of carbonyl (C=O) groups is 1. The highest BCUT2D eigenvalue weighted by atomic mass is 19.1. The lowest BCUT2D eigenvalue weighted by molar-refractivity contribution is 0.147. The Kier molecular flexibility index (Phi) is 3.88. The molecule has 2 aromatic carbocycles. The Labute approximate surface area is 110 Å². The molecule has 3 nitrogen and oxygen atoms in total. The zero-order valence-corrected chi connectivity index (χ0v) is 9.70. The Balaban J connectivity index is 2.09. The first-order valence-electron chi connectivity index (χ1n) is 5.25. The molecule has 104 valence electrons. The summed E-state index contributed by atoms with van der Waals surface area (Å²) < 4.78 is 60.5. The van der Waals surface area contributed by atoms with Crippen molar-refractivity contribution in [3.63, 3.8) is 0 Å². The lowest BCUT2D eigenvalue weighted by atomic mass is 10.3. The number of carbonyl (C=O) groups excluding carboxylic acids is 1. The van der Waals surface area contributed by atoms with Gasteiger partial charge in [0, 0.05) is 12.1 Å². The summed E-state index contributed by atoms with van der Waals surface area (Å²) >= 11 is 0. The number of ether oxygens (including phenoxy) is 2. The Morgan fingerprint density at radius 2 is 1.15 bits per heavy atom. The van der Waals surface area contributed by atoms with Crippen molar-refractivity contribution in [1.29, 1.82) is 0 Å². The second-order valence-corrected chi connectivity index (χ2v) is 3.60. The van der Waals surface area contributed by atoms with E-state index in [1.165, 1.54) is 0 Å². The van der Waals surface area contributed by atoms with Gasteiger partial charge in [-0.1, -0.05) is 0 Å². The van der Waals surface area contributed by atoms with Crippen LogP contribution in [0.25, 0.3) is 0 Å². The average Bonchev–Trinajstić information content (AvgIpc) is 2.36. The second-order valence-electron chi connectivity index (χ2n) is 3.60. The molecule has 0 bridgehead atoms. The Morgan fingerprint density at radius 3 is 1.50 bits per heavy atom. The van der Waals surface area contributed by atoms with Crippen molar-refractivity contribution in [3.05, 3.63) is 59.7 Å². The topological polar surface area (TPSA) is 35.5 Å². The summed E-state index contributed by atoms with van der Waals surface area (Å²) in [5.74, 6) is -5.12. The zero-order valence-electron chi connectivity index (χ0n) is 9.70. The Morgan fingerprint density at radius 1 is 0.750 bits per heavy atom. The van der Waals surface area contributed by atoms with Crippen LogP contribution < -0.4 is 9.47 Å². The predicted octanol–water partition coefficient (Wildman–Crippen LogP) is 3.82. The molecule has 20 heavy (non-hydrogen) atoms. The summed E-state index contributed by atoms with van der Waals surface area (Å²) in [5.41, 5.74) is 0. The molecular formula is C13H6F4O3. The van der Waals surface area contributed by atoms with E-state index in [1.54, 1.807) is 0 Å². The summed E-state index contributed by atoms with van der Waals surface area (Å²) in [5, 5.41) is 0. The minimum Gasteiger partial charge on any atom is -0.392 e. The third-order valence-electron chi connectivity index (χ3n) is 2.17. The van der Waals surface area contributed by atoms with Crippen molar-refractivity contribution in [2.24, 2.45) is 0 Å². The number of halogens is 4. The quantitative estimate of drug-likeness (QED) is 0.478. The van der Waals surface area contributed by atoms with Crippen LogP contribution in [-0.4, -0.2) is 6.16 Å². The van der Waals surface area contributed by atoms with E-state index in [9.17, 15) is 22.4 Å². The highest BCUT2D eigenvalue weighted by Gasteiger charge is 2.15. The standard InChI is InChI=1S/C13H6F4O3/c14-7-1-3-11(9(16)5-7)19-13(18)20-12-4-2-8(15)6-10(12)17/h1-6H. The van der Waals surface area contributed by atoms with E-state index >= 15 is 0 Å². The molecule has 0 saturated carbocycles. The third kappa shape index (κ3) is 3.25. The van der Waals surface area contributed by atoms with Gasteiger partial charge in [0.05, 0.1) is 0 Å². The molecule has 2 rings (SSSR count). The fourth-order valence-electron chi connectivity index (χ4n) is 1.32. The van der Waals surface area contributed by atoms with Gasteiger partial charge < -0.3 is 9.47 Å². The van der Waals surface area contributed by atoms with Gasteiger partial charge in [0.25, 0.3) is 0 Å². The van der Waals surface area contributed by atoms with E-state index < -0.39 is 40.9 Å². The van der Waals surface area contributed by atoms with Crippen LogP contribution in [0.4, 0.5) is 22.4 Å². The predicted molar refractivity (Wildman–Crippen MR) is 59.4 cm³/mol. The van der Waals surface area contributed by atoms with Crippen LogP contribution in [0.3, 0.4) is 0 Å². The fourth-order valence-corrected chi connectivity index (χ4v) is 1.32. The molecule has 7 heteroatoms. The molecule has 0 aliphatic carbocycles. The molecule has 0 N–H and O–H groups in total. The van der Waals surface area contributed by atoms with Crippen LogP contribution in [0.2, 0.25) is 0 Å². The summed E-state index contributed by atoms with van der Waals surface area (Å²) in [6.07, 6.45) is -1.44. The average molecular weight is 286 g/mol. The maximum absolute atomic E-state index is 13.2. The van der Waals surface area contributed by atoms with Crippen molar-refractivity contribution in [2.75, 3.05) is 0 Å². The van der Waals surface area contributed by atoms with Gasteiger partial charge >= 0.3 is 6.16 Å². The van der Waals surface area contributed by atoms with Crippen LogP contribution in [0.1, 0.15) is 0 Å². The van der Waals surface area contributed by atoms with Crippen LogP contribution in [0, 0.1) is 23.3 Å². The normalized spacial score (nSPS) is 10.2. The maximum Gasteiger partial charge on any atom is 0.519 e. The van der Waals surface area contributed by atoms with Crippen LogP contribution in [-0.2, 0) is 0 Å². The van der Waals surface area contributed by atoms with Gasteiger partial charge in [0.1, 0.15) is 11.6 Å².